The summed E-state index contributed by atoms with van der Waals surface area (Å²) in [6, 6.07) is 3.03. The Balaban J connectivity index is 0.000000771. The SMILES string of the molecule is CC.O=[N+]([O-])c1ccc(N2CCC(F)CC2)cn1. The molecule has 0 atom stereocenters. The molecular weight excluding hydrogens is 237 g/mol. The Hall–Kier alpha value is -1.72. The van der Waals surface area contributed by atoms with E-state index in [1.54, 1.807) is 6.07 Å². The van der Waals surface area contributed by atoms with Gasteiger partial charge in [0.15, 0.2) is 6.20 Å². The van der Waals surface area contributed by atoms with Gasteiger partial charge >= 0.3 is 5.82 Å². The second-order valence-corrected chi connectivity index (χ2v) is 3.79. The Morgan fingerprint density at radius 1 is 1.39 bits per heavy atom. The second kappa shape index (κ2) is 6.88. The van der Waals surface area contributed by atoms with Crippen molar-refractivity contribution >= 4 is 11.5 Å². The number of pyridine rings is 1. The van der Waals surface area contributed by atoms with Crippen molar-refractivity contribution in [3.63, 3.8) is 0 Å². The lowest BCUT2D eigenvalue weighted by atomic mass is 10.1. The van der Waals surface area contributed by atoms with Gasteiger partial charge in [-0.15, -0.1) is 0 Å². The summed E-state index contributed by atoms with van der Waals surface area (Å²) in [6.45, 7) is 5.28. The second-order valence-electron chi connectivity index (χ2n) is 3.79. The molecule has 2 rings (SSSR count). The van der Waals surface area contributed by atoms with Gasteiger partial charge in [0.1, 0.15) is 6.17 Å². The van der Waals surface area contributed by atoms with Crippen LogP contribution in [0.15, 0.2) is 18.3 Å². The molecule has 6 heteroatoms. The Morgan fingerprint density at radius 3 is 2.44 bits per heavy atom. The third kappa shape index (κ3) is 3.65. The number of piperidine rings is 1. The first kappa shape index (κ1) is 14.3. The number of nitrogens with zero attached hydrogens (tertiary/aromatic N) is 3. The van der Waals surface area contributed by atoms with Gasteiger partial charge in [-0.05, 0) is 28.8 Å². The summed E-state index contributed by atoms with van der Waals surface area (Å²) in [6.07, 6.45) is 1.77. The summed E-state index contributed by atoms with van der Waals surface area (Å²) in [5.74, 6) is -0.163. The van der Waals surface area contributed by atoms with Crippen LogP contribution in [0.3, 0.4) is 0 Å². The Bertz CT molecular complexity index is 375. The molecule has 100 valence electrons. The van der Waals surface area contributed by atoms with Crippen LogP contribution in [-0.4, -0.2) is 29.2 Å². The molecule has 0 radical (unpaired) electrons. The fourth-order valence-electron chi connectivity index (χ4n) is 1.78. The van der Waals surface area contributed by atoms with Crippen molar-refractivity contribution in [1.29, 1.82) is 0 Å². The molecule has 5 nitrogen and oxygen atoms in total. The molecule has 0 aromatic carbocycles. The molecule has 1 aliphatic rings. The smallest absolute Gasteiger partial charge is 0.363 e. The molecule has 1 aromatic heterocycles. The van der Waals surface area contributed by atoms with Crippen LogP contribution in [0, 0.1) is 10.1 Å². The monoisotopic (exact) mass is 255 g/mol. The summed E-state index contributed by atoms with van der Waals surface area (Å²) >= 11 is 0. The predicted molar refractivity (Wildman–Crippen MR) is 68.6 cm³/mol. The molecule has 1 saturated heterocycles. The quantitative estimate of drug-likeness (QED) is 0.602. The average Bonchev–Trinajstić information content (AvgIpc) is 2.42. The number of hydrogen-bond acceptors (Lipinski definition) is 4. The molecule has 0 aliphatic carbocycles. The Kier molecular flexibility index (Phi) is 5.48. The van der Waals surface area contributed by atoms with Crippen molar-refractivity contribution in [2.24, 2.45) is 0 Å². The minimum atomic E-state index is -0.720. The summed E-state index contributed by atoms with van der Waals surface area (Å²) in [7, 11) is 0. The topological polar surface area (TPSA) is 59.3 Å². The molecule has 1 aromatic rings. The number of alkyl halides is 1. The molecular formula is C12H18FN3O2. The van der Waals surface area contributed by atoms with Crippen molar-refractivity contribution in [2.45, 2.75) is 32.9 Å². The van der Waals surface area contributed by atoms with Crippen LogP contribution in [0.5, 0.6) is 0 Å². The lowest BCUT2D eigenvalue weighted by Crippen LogP contribution is -2.34. The van der Waals surface area contributed by atoms with E-state index in [4.69, 9.17) is 0 Å². The van der Waals surface area contributed by atoms with Crippen LogP contribution in [0.25, 0.3) is 0 Å². The highest BCUT2D eigenvalue weighted by atomic mass is 19.1. The maximum absolute atomic E-state index is 12.9. The van der Waals surface area contributed by atoms with Crippen molar-refractivity contribution < 1.29 is 9.31 Å². The average molecular weight is 255 g/mol. The van der Waals surface area contributed by atoms with E-state index in [9.17, 15) is 14.5 Å². The van der Waals surface area contributed by atoms with Gasteiger partial charge in [0.2, 0.25) is 0 Å². The molecule has 0 unspecified atom stereocenters. The van der Waals surface area contributed by atoms with E-state index in [0.717, 1.165) is 5.69 Å². The van der Waals surface area contributed by atoms with Crippen molar-refractivity contribution in [3.8, 4) is 0 Å². The van der Waals surface area contributed by atoms with E-state index in [-0.39, 0.29) is 5.82 Å². The summed E-state index contributed by atoms with van der Waals surface area (Å²) < 4.78 is 12.9. The van der Waals surface area contributed by atoms with Crippen LogP contribution in [0.4, 0.5) is 15.9 Å². The predicted octanol–water partition coefficient (Wildman–Crippen LogP) is 2.95. The molecule has 0 bridgehead atoms. The van der Waals surface area contributed by atoms with Crippen LogP contribution < -0.4 is 4.90 Å². The number of rotatable bonds is 2. The van der Waals surface area contributed by atoms with E-state index in [1.165, 1.54) is 12.3 Å². The highest BCUT2D eigenvalue weighted by molar-refractivity contribution is 5.46. The molecule has 1 aliphatic heterocycles. The van der Waals surface area contributed by atoms with Crippen LogP contribution in [0.2, 0.25) is 0 Å². The molecule has 0 spiro atoms. The van der Waals surface area contributed by atoms with Gasteiger partial charge in [-0.1, -0.05) is 13.8 Å². The Labute approximate surface area is 106 Å². The zero-order valence-corrected chi connectivity index (χ0v) is 10.7. The van der Waals surface area contributed by atoms with E-state index in [1.807, 2.05) is 18.7 Å². The first-order valence-electron chi connectivity index (χ1n) is 6.16. The highest BCUT2D eigenvalue weighted by Gasteiger charge is 2.19. The molecule has 2 heterocycles. The largest absolute Gasteiger partial charge is 0.368 e. The van der Waals surface area contributed by atoms with E-state index < -0.39 is 11.1 Å². The minimum Gasteiger partial charge on any atom is -0.368 e. The lowest BCUT2D eigenvalue weighted by molar-refractivity contribution is -0.389. The van der Waals surface area contributed by atoms with Crippen molar-refractivity contribution in [3.05, 3.63) is 28.4 Å². The first-order valence-corrected chi connectivity index (χ1v) is 6.16. The van der Waals surface area contributed by atoms with E-state index >= 15 is 0 Å². The third-order valence-corrected chi connectivity index (χ3v) is 2.71. The normalized spacial score (nSPS) is 15.8. The minimum absolute atomic E-state index is 0.163. The number of aromatic nitrogens is 1. The lowest BCUT2D eigenvalue weighted by Gasteiger charge is -2.29. The maximum Gasteiger partial charge on any atom is 0.363 e. The number of nitro groups is 1. The molecule has 18 heavy (non-hydrogen) atoms. The molecule has 1 fully saturated rings. The number of anilines is 1. The zero-order chi connectivity index (χ0) is 13.5. The van der Waals surface area contributed by atoms with Gasteiger partial charge in [0.05, 0.1) is 5.69 Å². The maximum atomic E-state index is 12.9. The summed E-state index contributed by atoms with van der Waals surface area (Å²) in [5, 5.41) is 10.4. The van der Waals surface area contributed by atoms with E-state index in [0.29, 0.717) is 25.9 Å². The summed E-state index contributed by atoms with van der Waals surface area (Å²) in [5.41, 5.74) is 0.817. The Morgan fingerprint density at radius 2 is 2.00 bits per heavy atom. The summed E-state index contributed by atoms with van der Waals surface area (Å²) in [4.78, 5) is 15.6. The van der Waals surface area contributed by atoms with E-state index in [2.05, 4.69) is 4.98 Å². The standard InChI is InChI=1S/C10H12FN3O2.C2H6/c11-8-3-5-13(6-4-8)9-1-2-10(12-7-9)14(15)16;1-2/h1-2,7-8H,3-6H2;1-2H3. The van der Waals surface area contributed by atoms with Crippen molar-refractivity contribution in [2.75, 3.05) is 18.0 Å². The van der Waals surface area contributed by atoms with Gasteiger partial charge in [-0.25, -0.2) is 4.39 Å². The van der Waals surface area contributed by atoms with Crippen LogP contribution in [-0.2, 0) is 0 Å². The number of halogens is 1. The first-order chi connectivity index (χ1) is 8.66. The van der Waals surface area contributed by atoms with Gasteiger partial charge in [0, 0.05) is 19.2 Å². The molecule has 0 saturated carbocycles. The molecule has 0 N–H and O–H groups in total. The van der Waals surface area contributed by atoms with Gasteiger partial charge < -0.3 is 15.0 Å². The number of hydrogen-bond donors (Lipinski definition) is 0. The fourth-order valence-corrected chi connectivity index (χ4v) is 1.78. The van der Waals surface area contributed by atoms with Crippen molar-refractivity contribution in [1.82, 2.24) is 4.98 Å². The van der Waals surface area contributed by atoms with Crippen LogP contribution >= 0.6 is 0 Å². The third-order valence-electron chi connectivity index (χ3n) is 2.71. The highest BCUT2D eigenvalue weighted by Crippen LogP contribution is 2.21. The zero-order valence-electron chi connectivity index (χ0n) is 10.7. The van der Waals surface area contributed by atoms with Gasteiger partial charge in [-0.2, -0.15) is 0 Å². The molecule has 0 amide bonds. The van der Waals surface area contributed by atoms with Crippen LogP contribution in [0.1, 0.15) is 26.7 Å². The fraction of sp³-hybridized carbons (Fsp3) is 0.583. The van der Waals surface area contributed by atoms with Gasteiger partial charge in [-0.3, -0.25) is 0 Å². The van der Waals surface area contributed by atoms with Gasteiger partial charge in [0.25, 0.3) is 0 Å².